The average molecular weight is 548 g/mol. The summed E-state index contributed by atoms with van der Waals surface area (Å²) in [6, 6.07) is 0. The Hall–Kier alpha value is -1.02. The van der Waals surface area contributed by atoms with E-state index in [-0.39, 0.29) is 13.2 Å². The minimum Gasteiger partial charge on any atom is -0.756 e. The number of quaternary nitrogens is 1. The summed E-state index contributed by atoms with van der Waals surface area (Å²) in [5.41, 5.74) is 0. The summed E-state index contributed by atoms with van der Waals surface area (Å²) in [5, 5.41) is 9.81. The Kier molecular flexibility index (Phi) is 22.3. The number of aliphatic hydroxyl groups is 1. The maximum atomic E-state index is 11.8. The van der Waals surface area contributed by atoms with E-state index in [1.54, 1.807) is 0 Å². The van der Waals surface area contributed by atoms with E-state index in [9.17, 15) is 19.4 Å². The molecule has 9 heteroatoms. The number of carbonyl (C=O) groups is 1. The number of esters is 1. The first-order chi connectivity index (χ1) is 17.6. The predicted molar refractivity (Wildman–Crippen MR) is 148 cm³/mol. The van der Waals surface area contributed by atoms with Gasteiger partial charge in [0, 0.05) is 6.42 Å². The zero-order chi connectivity index (χ0) is 27.8. The van der Waals surface area contributed by atoms with Gasteiger partial charge in [-0.1, -0.05) is 76.2 Å². The van der Waals surface area contributed by atoms with Crippen molar-refractivity contribution in [1.29, 1.82) is 0 Å². The van der Waals surface area contributed by atoms with Gasteiger partial charge in [0.1, 0.15) is 25.9 Å². The number of phosphoric acid groups is 1. The van der Waals surface area contributed by atoms with Crippen molar-refractivity contribution in [1.82, 2.24) is 0 Å². The number of phosphoric ester groups is 1. The first-order valence-corrected chi connectivity index (χ1v) is 15.6. The lowest BCUT2D eigenvalue weighted by atomic mass is 10.1. The van der Waals surface area contributed by atoms with Crippen molar-refractivity contribution in [3.8, 4) is 0 Å². The third-order valence-corrected chi connectivity index (χ3v) is 6.67. The van der Waals surface area contributed by atoms with Crippen LogP contribution in [0.4, 0.5) is 0 Å². The highest BCUT2D eigenvalue weighted by molar-refractivity contribution is 7.45. The van der Waals surface area contributed by atoms with Gasteiger partial charge < -0.3 is 28.3 Å². The van der Waals surface area contributed by atoms with E-state index in [1.807, 2.05) is 21.1 Å². The Morgan fingerprint density at radius 2 is 1.43 bits per heavy atom. The van der Waals surface area contributed by atoms with Gasteiger partial charge in [-0.25, -0.2) is 0 Å². The number of aliphatic hydroxyl groups excluding tert-OH is 1. The lowest BCUT2D eigenvalue weighted by Gasteiger charge is -2.27. The molecule has 0 aromatic rings. The highest BCUT2D eigenvalue weighted by atomic mass is 31.2. The minimum atomic E-state index is -4.49. The summed E-state index contributed by atoms with van der Waals surface area (Å²) in [5.74, 6) is -0.397. The molecule has 1 N–H and O–H groups in total. The number of hydrogen-bond acceptors (Lipinski definition) is 7. The third-order valence-electron chi connectivity index (χ3n) is 5.70. The van der Waals surface area contributed by atoms with Crippen LogP contribution in [0.2, 0.25) is 0 Å². The van der Waals surface area contributed by atoms with Crippen LogP contribution in [0.3, 0.4) is 0 Å². The van der Waals surface area contributed by atoms with Gasteiger partial charge >= 0.3 is 5.97 Å². The molecule has 218 valence electrons. The van der Waals surface area contributed by atoms with Crippen LogP contribution < -0.4 is 4.89 Å². The van der Waals surface area contributed by atoms with Gasteiger partial charge in [-0.3, -0.25) is 9.36 Å². The number of likely N-dealkylation sites (N-methyl/N-ethyl adjacent to an activating group) is 1. The van der Waals surface area contributed by atoms with Crippen molar-refractivity contribution in [2.24, 2.45) is 0 Å². The van der Waals surface area contributed by atoms with Crippen molar-refractivity contribution in [3.63, 3.8) is 0 Å². The second-order valence-corrected chi connectivity index (χ2v) is 12.0. The highest BCUT2D eigenvalue weighted by Crippen LogP contribution is 2.38. The van der Waals surface area contributed by atoms with Gasteiger partial charge in [-0.05, 0) is 38.5 Å². The second kappa shape index (κ2) is 22.9. The van der Waals surface area contributed by atoms with Crippen LogP contribution in [0.1, 0.15) is 96.8 Å². The molecule has 1 unspecified atom stereocenters. The largest absolute Gasteiger partial charge is 0.756 e. The smallest absolute Gasteiger partial charge is 0.305 e. The molecule has 0 amide bonds. The van der Waals surface area contributed by atoms with Gasteiger partial charge in [0.25, 0.3) is 7.82 Å². The van der Waals surface area contributed by atoms with Crippen LogP contribution >= 0.6 is 7.82 Å². The van der Waals surface area contributed by atoms with Crippen LogP contribution in [0.5, 0.6) is 0 Å². The van der Waals surface area contributed by atoms with Crippen molar-refractivity contribution in [3.05, 3.63) is 24.3 Å². The van der Waals surface area contributed by atoms with Gasteiger partial charge in [-0.15, -0.1) is 0 Å². The van der Waals surface area contributed by atoms with E-state index in [2.05, 4.69) is 35.8 Å². The number of unbranched alkanes of at least 4 members (excludes halogenated alkanes) is 10. The monoisotopic (exact) mass is 547 g/mol. The van der Waals surface area contributed by atoms with E-state index in [0.717, 1.165) is 32.1 Å². The van der Waals surface area contributed by atoms with Gasteiger partial charge in [0.15, 0.2) is 0 Å². The molecule has 0 aromatic heterocycles. The Labute approximate surface area is 226 Å². The van der Waals surface area contributed by atoms with Crippen LogP contribution in [0, 0.1) is 0 Å². The van der Waals surface area contributed by atoms with Crippen molar-refractivity contribution < 1.29 is 37.6 Å². The normalized spacial score (nSPS) is 14.9. The Balaban J connectivity index is 3.58. The molecule has 8 nitrogen and oxygen atoms in total. The molecule has 2 atom stereocenters. The van der Waals surface area contributed by atoms with Crippen LogP contribution in [-0.2, 0) is 23.1 Å². The van der Waals surface area contributed by atoms with E-state index in [1.165, 1.54) is 51.4 Å². The van der Waals surface area contributed by atoms with Crippen molar-refractivity contribution in [2.75, 3.05) is 47.5 Å². The van der Waals surface area contributed by atoms with Crippen molar-refractivity contribution >= 4 is 13.8 Å². The van der Waals surface area contributed by atoms with Gasteiger partial charge in [0.2, 0.25) is 0 Å². The number of rotatable bonds is 25. The van der Waals surface area contributed by atoms with E-state index >= 15 is 0 Å². The first-order valence-electron chi connectivity index (χ1n) is 14.1. The first kappa shape index (κ1) is 36.0. The molecule has 0 aliphatic carbocycles. The molecule has 0 saturated heterocycles. The molecule has 0 rings (SSSR count). The number of allylic oxidation sites excluding steroid dienone is 4. The lowest BCUT2D eigenvalue weighted by Crippen LogP contribution is -2.37. The fourth-order valence-electron chi connectivity index (χ4n) is 3.38. The Bertz CT molecular complexity index is 661. The quantitative estimate of drug-likeness (QED) is 0.0514. The summed E-state index contributed by atoms with van der Waals surface area (Å²) >= 11 is 0. The molecule has 0 saturated carbocycles. The minimum absolute atomic E-state index is 0.00986. The van der Waals surface area contributed by atoms with Gasteiger partial charge in [-0.2, -0.15) is 0 Å². The third kappa shape index (κ3) is 27.8. The summed E-state index contributed by atoms with van der Waals surface area (Å²) in [6.07, 6.45) is 23.1. The molecule has 37 heavy (non-hydrogen) atoms. The van der Waals surface area contributed by atoms with Gasteiger partial charge in [0.05, 0.1) is 27.7 Å². The second-order valence-electron chi connectivity index (χ2n) is 10.6. The average Bonchev–Trinajstić information content (AvgIpc) is 2.82. The molecule has 0 spiro atoms. The highest BCUT2D eigenvalue weighted by Gasteiger charge is 2.16. The molecule has 0 radical (unpaired) electrons. The molecular weight excluding hydrogens is 493 g/mol. The molecule has 0 heterocycles. The Morgan fingerprint density at radius 1 is 0.865 bits per heavy atom. The standard InChI is InChI=1S/C28H54NO7P/c1-5-6-7-8-9-10-11-12-13-14-15-16-17-18-19-20-21-22-28(31)34-25-27(30)26-36-37(32,33)35-24-23-29(2,3)4/h9-10,12-13,27,30H,5-8,11,14-26H2,1-4H3/b10-9+,13-12+/t27-/m1/s1. The lowest BCUT2D eigenvalue weighted by molar-refractivity contribution is -0.870. The maximum absolute atomic E-state index is 11.8. The molecule has 0 aliphatic heterocycles. The number of carbonyl (C=O) groups excluding carboxylic acids is 1. The van der Waals surface area contributed by atoms with E-state index in [0.29, 0.717) is 17.4 Å². The zero-order valence-corrected chi connectivity index (χ0v) is 24.8. The number of ether oxygens (including phenoxy) is 1. The number of nitrogens with zero attached hydrogens (tertiary/aromatic N) is 1. The van der Waals surface area contributed by atoms with Crippen LogP contribution in [0.15, 0.2) is 24.3 Å². The summed E-state index contributed by atoms with van der Waals surface area (Å²) in [6.45, 7) is 1.90. The summed E-state index contributed by atoms with van der Waals surface area (Å²) < 4.78 is 26.7. The fourth-order valence-corrected chi connectivity index (χ4v) is 4.12. The van der Waals surface area contributed by atoms with E-state index in [4.69, 9.17) is 9.26 Å². The Morgan fingerprint density at radius 3 is 2.03 bits per heavy atom. The van der Waals surface area contributed by atoms with E-state index < -0.39 is 26.5 Å². The SMILES string of the molecule is CCCCC/C=C/C/C=C/CCCCCCCCCC(=O)OC[C@@H](O)COP(=O)([O-])OCC[N+](C)(C)C. The molecular formula is C28H54NO7P. The van der Waals surface area contributed by atoms with Crippen LogP contribution in [-0.4, -0.2) is 69.2 Å². The summed E-state index contributed by atoms with van der Waals surface area (Å²) in [7, 11) is 1.24. The topological polar surface area (TPSA) is 105 Å². The summed E-state index contributed by atoms with van der Waals surface area (Å²) in [4.78, 5) is 23.5. The zero-order valence-electron chi connectivity index (χ0n) is 23.9. The molecule has 0 bridgehead atoms. The maximum Gasteiger partial charge on any atom is 0.305 e. The predicted octanol–water partition coefficient (Wildman–Crippen LogP) is 5.69. The molecule has 0 aliphatic rings. The fraction of sp³-hybridized carbons (Fsp3) is 0.821. The van der Waals surface area contributed by atoms with Crippen molar-refractivity contribution in [2.45, 2.75) is 103 Å². The molecule has 0 fully saturated rings. The molecule has 0 aromatic carbocycles. The van der Waals surface area contributed by atoms with Crippen LogP contribution in [0.25, 0.3) is 0 Å². The number of hydrogen-bond donors (Lipinski definition) is 1.